The van der Waals surface area contributed by atoms with Crippen LogP contribution in [0.4, 0.5) is 13.2 Å². The Hall–Kier alpha value is -1.79. The summed E-state index contributed by atoms with van der Waals surface area (Å²) in [5, 5.41) is 0. The fourth-order valence-electron chi connectivity index (χ4n) is 3.55. The van der Waals surface area contributed by atoms with Crippen LogP contribution in [0.3, 0.4) is 0 Å². The summed E-state index contributed by atoms with van der Waals surface area (Å²) in [6.45, 7) is 10.4. The molecule has 2 heterocycles. The van der Waals surface area contributed by atoms with Gasteiger partial charge in [0.15, 0.2) is 0 Å². The average Bonchev–Trinajstić information content (AvgIpc) is 2.92. The van der Waals surface area contributed by atoms with Crippen molar-refractivity contribution in [3.63, 3.8) is 0 Å². The highest BCUT2D eigenvalue weighted by Crippen LogP contribution is 2.33. The zero-order valence-corrected chi connectivity index (χ0v) is 15.4. The Labute approximate surface area is 152 Å². The van der Waals surface area contributed by atoms with E-state index in [1.807, 2.05) is 0 Å². The Morgan fingerprint density at radius 2 is 1.69 bits per heavy atom. The second-order valence-corrected chi connectivity index (χ2v) is 7.07. The molecule has 1 aromatic heterocycles. The van der Waals surface area contributed by atoms with Gasteiger partial charge < -0.3 is 9.30 Å². The summed E-state index contributed by atoms with van der Waals surface area (Å²) in [5.74, 6) is 0. The first kappa shape index (κ1) is 19.0. The van der Waals surface area contributed by atoms with Gasteiger partial charge >= 0.3 is 6.18 Å². The fraction of sp³-hybridized carbons (Fsp3) is 0.500. The van der Waals surface area contributed by atoms with E-state index in [1.54, 1.807) is 12.1 Å². The minimum absolute atomic E-state index is 0.228. The molecule has 3 nitrogen and oxygen atoms in total. The maximum Gasteiger partial charge on any atom is 0.416 e. The van der Waals surface area contributed by atoms with E-state index in [-0.39, 0.29) is 6.04 Å². The Kier molecular flexibility index (Phi) is 5.44. The lowest BCUT2D eigenvalue weighted by Gasteiger charge is -2.26. The zero-order valence-electron chi connectivity index (χ0n) is 15.4. The van der Waals surface area contributed by atoms with Gasteiger partial charge in [0.2, 0.25) is 0 Å². The number of hydrogen-bond acceptors (Lipinski definition) is 2. The number of aromatic nitrogens is 1. The van der Waals surface area contributed by atoms with Crippen LogP contribution in [0, 0.1) is 6.92 Å². The third-order valence-corrected chi connectivity index (χ3v) is 4.92. The highest BCUT2D eigenvalue weighted by atomic mass is 19.4. The van der Waals surface area contributed by atoms with Crippen LogP contribution < -0.4 is 0 Å². The molecule has 1 aliphatic heterocycles. The maximum absolute atomic E-state index is 12.8. The summed E-state index contributed by atoms with van der Waals surface area (Å²) in [6.07, 6.45) is -4.31. The maximum atomic E-state index is 12.8. The number of benzene rings is 1. The molecule has 1 aromatic carbocycles. The number of alkyl halides is 3. The number of nitrogens with zero attached hydrogens (tertiary/aromatic N) is 2. The third kappa shape index (κ3) is 3.96. The summed E-state index contributed by atoms with van der Waals surface area (Å²) in [7, 11) is 0. The molecule has 6 heteroatoms. The van der Waals surface area contributed by atoms with Gasteiger partial charge in [-0.05, 0) is 50.1 Å². The van der Waals surface area contributed by atoms with Gasteiger partial charge in [0, 0.05) is 37.1 Å². The van der Waals surface area contributed by atoms with Crippen molar-refractivity contribution in [1.29, 1.82) is 0 Å². The highest BCUT2D eigenvalue weighted by Gasteiger charge is 2.30. The summed E-state index contributed by atoms with van der Waals surface area (Å²) < 4.78 is 46.1. The molecular weight excluding hydrogens is 341 g/mol. The first-order chi connectivity index (χ1) is 12.3. The lowest BCUT2D eigenvalue weighted by atomic mass is 10.1. The van der Waals surface area contributed by atoms with Gasteiger partial charge in [-0.2, -0.15) is 13.2 Å². The molecule has 1 saturated heterocycles. The number of ether oxygens (including phenoxy) is 1. The van der Waals surface area contributed by atoms with Crippen molar-refractivity contribution >= 4 is 0 Å². The molecular formula is C20H25F3N2O. The molecule has 0 atom stereocenters. The molecule has 1 aliphatic rings. The largest absolute Gasteiger partial charge is 0.416 e. The highest BCUT2D eigenvalue weighted by molar-refractivity contribution is 5.63. The number of morpholine rings is 1. The number of hydrogen-bond donors (Lipinski definition) is 0. The van der Waals surface area contributed by atoms with E-state index in [4.69, 9.17) is 4.74 Å². The van der Waals surface area contributed by atoms with E-state index in [1.165, 1.54) is 11.3 Å². The van der Waals surface area contributed by atoms with Crippen LogP contribution >= 0.6 is 0 Å². The van der Waals surface area contributed by atoms with E-state index >= 15 is 0 Å². The lowest BCUT2D eigenvalue weighted by Crippen LogP contribution is -2.35. The van der Waals surface area contributed by atoms with Gasteiger partial charge in [0.25, 0.3) is 0 Å². The second kappa shape index (κ2) is 7.45. The van der Waals surface area contributed by atoms with Crippen LogP contribution in [-0.2, 0) is 17.5 Å². The molecule has 0 N–H and O–H groups in total. The van der Waals surface area contributed by atoms with Crippen molar-refractivity contribution in [2.24, 2.45) is 0 Å². The average molecular weight is 366 g/mol. The summed E-state index contributed by atoms with van der Waals surface area (Å²) in [6, 6.07) is 7.79. The van der Waals surface area contributed by atoms with Crippen LogP contribution in [0.5, 0.6) is 0 Å². The van der Waals surface area contributed by atoms with Crippen LogP contribution in [-0.4, -0.2) is 35.8 Å². The van der Waals surface area contributed by atoms with Crippen molar-refractivity contribution < 1.29 is 17.9 Å². The van der Waals surface area contributed by atoms with Crippen molar-refractivity contribution in [3.8, 4) is 11.3 Å². The molecule has 0 radical (unpaired) electrons. The molecule has 0 amide bonds. The number of halogens is 3. The molecule has 0 bridgehead atoms. The molecule has 1 fully saturated rings. The van der Waals surface area contributed by atoms with Crippen LogP contribution in [0.15, 0.2) is 30.3 Å². The standard InChI is InChI=1S/C20H25F3N2O/c1-14(2)25-15(3)17(13-24-8-10-26-11-9-24)12-19(25)16-4-6-18(7-5-16)20(21,22)23/h4-7,12,14H,8-11,13H2,1-3H3. The smallest absolute Gasteiger partial charge is 0.379 e. The van der Waals surface area contributed by atoms with Crippen LogP contribution in [0.2, 0.25) is 0 Å². The van der Waals surface area contributed by atoms with Crippen molar-refractivity contribution in [3.05, 3.63) is 47.2 Å². The van der Waals surface area contributed by atoms with Gasteiger partial charge in [0.1, 0.15) is 0 Å². The fourth-order valence-corrected chi connectivity index (χ4v) is 3.55. The lowest BCUT2D eigenvalue weighted by molar-refractivity contribution is -0.137. The Balaban J connectivity index is 1.94. The minimum Gasteiger partial charge on any atom is -0.379 e. The third-order valence-electron chi connectivity index (χ3n) is 4.92. The van der Waals surface area contributed by atoms with Gasteiger partial charge in [-0.1, -0.05) is 12.1 Å². The summed E-state index contributed by atoms with van der Waals surface area (Å²) in [4.78, 5) is 2.35. The van der Waals surface area contributed by atoms with Crippen molar-refractivity contribution in [2.75, 3.05) is 26.3 Å². The van der Waals surface area contributed by atoms with Crippen LogP contribution in [0.25, 0.3) is 11.3 Å². The summed E-state index contributed by atoms with van der Waals surface area (Å²) in [5.41, 5.74) is 3.54. The predicted octanol–water partition coefficient (Wildman–Crippen LogP) is 4.90. The molecule has 26 heavy (non-hydrogen) atoms. The van der Waals surface area contributed by atoms with Crippen molar-refractivity contribution in [1.82, 2.24) is 9.47 Å². The van der Waals surface area contributed by atoms with Gasteiger partial charge in [0.05, 0.1) is 18.8 Å². The van der Waals surface area contributed by atoms with Crippen molar-refractivity contribution in [2.45, 2.75) is 39.5 Å². The Morgan fingerprint density at radius 3 is 2.23 bits per heavy atom. The monoisotopic (exact) mass is 366 g/mol. The summed E-state index contributed by atoms with van der Waals surface area (Å²) >= 11 is 0. The zero-order chi connectivity index (χ0) is 18.9. The molecule has 0 saturated carbocycles. The van der Waals surface area contributed by atoms with Gasteiger partial charge in [-0.3, -0.25) is 4.90 Å². The number of rotatable bonds is 4. The molecule has 142 valence electrons. The first-order valence-corrected chi connectivity index (χ1v) is 8.96. The predicted molar refractivity (Wildman–Crippen MR) is 96.1 cm³/mol. The van der Waals surface area contributed by atoms with Gasteiger partial charge in [-0.25, -0.2) is 0 Å². The van der Waals surface area contributed by atoms with E-state index in [2.05, 4.69) is 36.3 Å². The molecule has 3 rings (SSSR count). The van der Waals surface area contributed by atoms with E-state index in [0.717, 1.165) is 56.2 Å². The van der Waals surface area contributed by atoms with Gasteiger partial charge in [-0.15, -0.1) is 0 Å². The van der Waals surface area contributed by atoms with E-state index in [0.29, 0.717) is 0 Å². The molecule has 0 unspecified atom stereocenters. The van der Waals surface area contributed by atoms with E-state index in [9.17, 15) is 13.2 Å². The normalized spacial score (nSPS) is 16.4. The quantitative estimate of drug-likeness (QED) is 0.766. The second-order valence-electron chi connectivity index (χ2n) is 7.07. The Morgan fingerprint density at radius 1 is 1.08 bits per heavy atom. The topological polar surface area (TPSA) is 17.4 Å². The Bertz CT molecular complexity index is 742. The molecule has 0 aliphatic carbocycles. The SMILES string of the molecule is Cc1c(CN2CCOCC2)cc(-c2ccc(C(F)(F)F)cc2)n1C(C)C. The molecule has 0 spiro atoms. The van der Waals surface area contributed by atoms with Crippen LogP contribution in [0.1, 0.15) is 36.7 Å². The van der Waals surface area contributed by atoms with E-state index < -0.39 is 11.7 Å². The first-order valence-electron chi connectivity index (χ1n) is 8.96. The minimum atomic E-state index is -4.31. The molecule has 2 aromatic rings.